The van der Waals surface area contributed by atoms with E-state index < -0.39 is 0 Å². The summed E-state index contributed by atoms with van der Waals surface area (Å²) in [6.07, 6.45) is 0. The molecule has 4 nitrogen and oxygen atoms in total. The van der Waals surface area contributed by atoms with E-state index in [1.165, 1.54) is 76.7 Å². The number of rotatable bonds is 6. The van der Waals surface area contributed by atoms with Gasteiger partial charge in [0.2, 0.25) is 0 Å². The van der Waals surface area contributed by atoms with Crippen LogP contribution in [0, 0.1) is 0 Å². The van der Waals surface area contributed by atoms with Gasteiger partial charge in [-0.15, -0.1) is 0 Å². The molecule has 0 radical (unpaired) electrons. The fourth-order valence-electron chi connectivity index (χ4n) is 9.46. The normalized spacial score (nSPS) is 12.4. The standard InChI is InChI=1S/C54H36N4/c1-7-19-49-43(13-1)44-14-2-8-20-50(44)56(49)40-31-25-37(26-32-40)55(38-27-33-41(34-28-38)57-51-21-9-3-15-45(51)46-16-4-10-22-52(46)57)39-29-35-42(36-30-39)58-53-23-11-5-17-47(53)48-18-6-12-24-54(48)58/h1-36H/p+1. The van der Waals surface area contributed by atoms with E-state index in [0.717, 1.165) is 28.4 Å². The van der Waals surface area contributed by atoms with E-state index in [9.17, 15) is 0 Å². The Labute approximate surface area is 336 Å². The van der Waals surface area contributed by atoms with Gasteiger partial charge < -0.3 is 14.0 Å². The van der Waals surface area contributed by atoms with Crippen molar-refractivity contribution in [1.29, 1.82) is 0 Å². The first kappa shape index (κ1) is 32.6. The van der Waals surface area contributed by atoms with Crippen LogP contribution in [0.5, 0.6) is 0 Å². The second kappa shape index (κ2) is 13.0. The number of benzene rings is 9. The van der Waals surface area contributed by atoms with Crippen molar-refractivity contribution < 1.29 is 4.90 Å². The average molecular weight is 742 g/mol. The van der Waals surface area contributed by atoms with E-state index in [4.69, 9.17) is 0 Å². The predicted octanol–water partition coefficient (Wildman–Crippen LogP) is 13.5. The summed E-state index contributed by atoms with van der Waals surface area (Å²) >= 11 is 0. The van der Waals surface area contributed by atoms with Gasteiger partial charge in [-0.25, -0.2) is 4.90 Å². The first-order valence-corrected chi connectivity index (χ1v) is 19.9. The van der Waals surface area contributed by atoms with Gasteiger partial charge in [-0.1, -0.05) is 97.1 Å². The highest BCUT2D eigenvalue weighted by molar-refractivity contribution is 6.10. The Morgan fingerprint density at radius 1 is 0.293 bits per heavy atom. The maximum absolute atomic E-state index is 2.38. The van der Waals surface area contributed by atoms with Crippen LogP contribution in [0.15, 0.2) is 218 Å². The Bertz CT molecular complexity index is 3030. The maximum Gasteiger partial charge on any atom is 0.149 e. The minimum absolute atomic E-state index is 1.09. The molecule has 0 amide bonds. The zero-order chi connectivity index (χ0) is 38.2. The zero-order valence-electron chi connectivity index (χ0n) is 31.6. The highest BCUT2D eigenvalue weighted by Gasteiger charge is 2.32. The van der Waals surface area contributed by atoms with Crippen LogP contribution in [0.25, 0.3) is 66.1 Å². The van der Waals surface area contributed by atoms with Gasteiger partial charge in [0, 0.05) is 85.4 Å². The largest absolute Gasteiger partial charge is 0.310 e. The molecule has 0 fully saturated rings. The lowest BCUT2D eigenvalue weighted by atomic mass is 10.1. The highest BCUT2D eigenvalue weighted by Crippen LogP contribution is 2.41. The van der Waals surface area contributed by atoms with E-state index >= 15 is 0 Å². The average Bonchev–Trinajstić information content (AvgIpc) is 3.93. The Morgan fingerprint density at radius 3 is 0.983 bits per heavy atom. The fraction of sp³-hybridized carbons (Fsp3) is 0. The van der Waals surface area contributed by atoms with Gasteiger partial charge in [0.05, 0.1) is 22.1 Å². The van der Waals surface area contributed by atoms with Crippen LogP contribution >= 0.6 is 0 Å². The Hall–Kier alpha value is -7.66. The third-order valence-electron chi connectivity index (χ3n) is 12.0. The molecule has 0 bridgehead atoms. The molecule has 0 saturated heterocycles. The van der Waals surface area contributed by atoms with Gasteiger partial charge in [-0.2, -0.15) is 0 Å². The summed E-state index contributed by atoms with van der Waals surface area (Å²) in [5, 5.41) is 5.05. The maximum atomic E-state index is 2.38. The molecule has 0 spiro atoms. The Balaban J connectivity index is 0.980. The van der Waals surface area contributed by atoms with Gasteiger partial charge in [0.25, 0.3) is 0 Å². The summed E-state index contributed by atoms with van der Waals surface area (Å²) in [4.78, 5) is 3.66. The van der Waals surface area contributed by atoms with Crippen molar-refractivity contribution >= 4 is 77.7 Å². The topological polar surface area (TPSA) is 17.5 Å². The lowest BCUT2D eigenvalue weighted by Gasteiger charge is -2.26. The van der Waals surface area contributed by atoms with Crippen LogP contribution in [0.3, 0.4) is 0 Å². The number of nitrogens with one attached hydrogen (secondary N) is 1. The summed E-state index contributed by atoms with van der Waals surface area (Å²) in [6.45, 7) is 0. The lowest BCUT2D eigenvalue weighted by molar-refractivity contribution is -0.677. The number of para-hydroxylation sites is 6. The van der Waals surface area contributed by atoms with Crippen molar-refractivity contribution in [2.45, 2.75) is 0 Å². The molecule has 3 heterocycles. The first-order chi connectivity index (χ1) is 28.8. The first-order valence-electron chi connectivity index (χ1n) is 19.9. The molecule has 272 valence electrons. The van der Waals surface area contributed by atoms with E-state index in [0.29, 0.717) is 0 Å². The molecular formula is C54H37N4+. The molecule has 1 N–H and O–H groups in total. The lowest BCUT2D eigenvalue weighted by Crippen LogP contribution is -2.95. The van der Waals surface area contributed by atoms with Crippen LogP contribution in [-0.2, 0) is 0 Å². The van der Waals surface area contributed by atoms with Crippen molar-refractivity contribution in [3.8, 4) is 22.5 Å². The van der Waals surface area contributed by atoms with E-state index in [2.05, 4.69) is 232 Å². The molecule has 0 saturated carbocycles. The Morgan fingerprint density at radius 2 is 0.603 bits per heavy atom. The number of aromatic nitrogens is 2. The number of hydrogen-bond acceptors (Lipinski definition) is 1. The zero-order valence-corrected chi connectivity index (χ0v) is 31.6. The number of quaternary nitrogens is 1. The molecule has 0 aliphatic carbocycles. The number of anilines is 3. The Kier molecular flexibility index (Phi) is 7.27. The smallest absolute Gasteiger partial charge is 0.149 e. The second-order valence-corrected chi connectivity index (χ2v) is 15.1. The summed E-state index contributed by atoms with van der Waals surface area (Å²) in [7, 11) is 0. The summed E-state index contributed by atoms with van der Waals surface area (Å²) < 4.78 is 4.76. The van der Waals surface area contributed by atoms with Gasteiger partial charge in [-0.05, 0) is 97.1 Å². The SMILES string of the molecule is c1ccc2c(c1)-c1ccccc1[NH+]2c1ccc(N(c2ccc(-n3c4ccccc4c4ccccc43)cc2)c2ccc(-n3c4ccccc4c4ccccc43)cc2)cc1. The van der Waals surface area contributed by atoms with Crippen molar-refractivity contribution in [1.82, 2.24) is 9.13 Å². The molecule has 1 aliphatic heterocycles. The quantitative estimate of drug-likeness (QED) is 0.180. The summed E-state index contributed by atoms with van der Waals surface area (Å²) in [5.74, 6) is 0. The van der Waals surface area contributed by atoms with Crippen molar-refractivity contribution in [3.05, 3.63) is 218 Å². The monoisotopic (exact) mass is 741 g/mol. The van der Waals surface area contributed by atoms with Gasteiger partial charge in [0.1, 0.15) is 17.1 Å². The molecule has 2 aromatic heterocycles. The molecule has 58 heavy (non-hydrogen) atoms. The van der Waals surface area contributed by atoms with Crippen molar-refractivity contribution in [2.24, 2.45) is 0 Å². The summed E-state index contributed by atoms with van der Waals surface area (Å²) in [5.41, 5.74) is 16.7. The van der Waals surface area contributed by atoms with Crippen molar-refractivity contribution in [3.63, 3.8) is 0 Å². The van der Waals surface area contributed by atoms with Gasteiger partial charge in [-0.3, -0.25) is 0 Å². The molecule has 9 aromatic carbocycles. The predicted molar refractivity (Wildman–Crippen MR) is 242 cm³/mol. The van der Waals surface area contributed by atoms with Crippen LogP contribution in [0.2, 0.25) is 0 Å². The molecule has 0 unspecified atom stereocenters. The molecule has 4 heteroatoms. The van der Waals surface area contributed by atoms with E-state index in [-0.39, 0.29) is 0 Å². The van der Waals surface area contributed by atoms with Crippen LogP contribution in [0.4, 0.5) is 34.1 Å². The fourth-order valence-corrected chi connectivity index (χ4v) is 9.46. The second-order valence-electron chi connectivity index (χ2n) is 15.1. The van der Waals surface area contributed by atoms with E-state index in [1.807, 2.05) is 0 Å². The van der Waals surface area contributed by atoms with Gasteiger partial charge in [0.15, 0.2) is 0 Å². The number of nitrogens with zero attached hydrogens (tertiary/aromatic N) is 3. The minimum atomic E-state index is 1.09. The summed E-state index contributed by atoms with van der Waals surface area (Å²) in [6, 6.07) is 79.5. The highest BCUT2D eigenvalue weighted by atomic mass is 15.2. The van der Waals surface area contributed by atoms with Crippen LogP contribution in [-0.4, -0.2) is 9.13 Å². The molecule has 11 aromatic rings. The third kappa shape index (κ3) is 4.92. The minimum Gasteiger partial charge on any atom is -0.310 e. The van der Waals surface area contributed by atoms with Gasteiger partial charge >= 0.3 is 0 Å². The number of hydrogen-bond donors (Lipinski definition) is 1. The van der Waals surface area contributed by atoms with E-state index in [1.54, 1.807) is 0 Å². The third-order valence-corrected chi connectivity index (χ3v) is 12.0. The molecular weight excluding hydrogens is 705 g/mol. The van der Waals surface area contributed by atoms with Crippen LogP contribution < -0.4 is 9.80 Å². The molecule has 0 atom stereocenters. The number of fused-ring (bicyclic) bond motifs is 9. The molecule has 12 rings (SSSR count). The van der Waals surface area contributed by atoms with Crippen LogP contribution in [0.1, 0.15) is 0 Å². The molecule has 1 aliphatic rings. The van der Waals surface area contributed by atoms with Crippen molar-refractivity contribution in [2.75, 3.05) is 4.90 Å².